The van der Waals surface area contributed by atoms with Crippen molar-refractivity contribution in [1.29, 1.82) is 5.41 Å². The molecule has 10 heteroatoms. The molecule has 2 aromatic carbocycles. The van der Waals surface area contributed by atoms with Crippen LogP contribution in [0.3, 0.4) is 0 Å². The molecule has 4 N–H and O–H groups in total. The summed E-state index contributed by atoms with van der Waals surface area (Å²) in [6.45, 7) is 3.39. The predicted molar refractivity (Wildman–Crippen MR) is 125 cm³/mol. The van der Waals surface area contributed by atoms with E-state index in [9.17, 15) is 19.8 Å². The van der Waals surface area contributed by atoms with Gasteiger partial charge in [-0.1, -0.05) is 49.0 Å². The Balaban J connectivity index is 0.00000324. The van der Waals surface area contributed by atoms with Crippen molar-refractivity contribution in [1.82, 2.24) is 4.90 Å². The summed E-state index contributed by atoms with van der Waals surface area (Å²) in [6, 6.07) is 11.2. The number of carbonyl (C=O) groups excluding carboxylic acids is 2. The van der Waals surface area contributed by atoms with Gasteiger partial charge in [0.05, 0.1) is 29.7 Å². The second-order valence-electron chi connectivity index (χ2n) is 8.43. The van der Waals surface area contributed by atoms with E-state index in [1.54, 1.807) is 6.92 Å². The van der Waals surface area contributed by atoms with Gasteiger partial charge in [-0.3, -0.25) is 10.2 Å². The first kappa shape index (κ1) is 26.6. The molecule has 2 aliphatic heterocycles. The molecule has 174 valence electrons. The largest absolute Gasteiger partial charge is 1.00 e. The third-order valence-corrected chi connectivity index (χ3v) is 7.21. The van der Waals surface area contributed by atoms with Crippen LogP contribution in [-0.2, 0) is 16.0 Å². The van der Waals surface area contributed by atoms with Crippen molar-refractivity contribution in [3.63, 3.8) is 0 Å². The summed E-state index contributed by atoms with van der Waals surface area (Å²) < 4.78 is 6.10. The number of hydrogen-bond acceptors (Lipinski definition) is 7. The molecule has 4 rings (SSSR count). The maximum absolute atomic E-state index is 12.5. The molecule has 4 atom stereocenters. The van der Waals surface area contributed by atoms with Crippen molar-refractivity contribution < 1.29 is 54.1 Å². The number of thioether (sulfide) groups is 1. The number of amidine groups is 1. The molecule has 0 bridgehead atoms. The Morgan fingerprint density at radius 3 is 2.62 bits per heavy atom. The minimum Gasteiger partial charge on any atom is -0.543 e. The van der Waals surface area contributed by atoms with Crippen LogP contribution in [0.1, 0.15) is 19.4 Å². The minimum absolute atomic E-state index is 0. The van der Waals surface area contributed by atoms with Crippen LogP contribution in [0.4, 0.5) is 0 Å². The van der Waals surface area contributed by atoms with Gasteiger partial charge in [-0.2, -0.15) is 0 Å². The van der Waals surface area contributed by atoms with Crippen molar-refractivity contribution in [2.24, 2.45) is 17.6 Å². The molecule has 0 aromatic heterocycles. The number of rotatable bonds is 8. The fourth-order valence-corrected chi connectivity index (χ4v) is 5.48. The average Bonchev–Trinajstić information content (AvgIpc) is 3.00. The van der Waals surface area contributed by atoms with Gasteiger partial charge in [-0.15, -0.1) is 0 Å². The number of ether oxygens (including phenoxy) is 1. The second-order valence-corrected chi connectivity index (χ2v) is 9.57. The normalized spacial score (nSPS) is 22.1. The molecule has 0 spiro atoms. The smallest absolute Gasteiger partial charge is 0.543 e. The number of aliphatic hydroxyl groups excluding tert-OH is 1. The number of fused-ring (bicyclic) bond motifs is 2. The van der Waals surface area contributed by atoms with Gasteiger partial charge < -0.3 is 30.4 Å². The van der Waals surface area contributed by atoms with Crippen molar-refractivity contribution >= 4 is 39.6 Å². The maximum atomic E-state index is 12.5. The molecular weight excluding hydrogens is 465 g/mol. The molecule has 0 saturated carbocycles. The van der Waals surface area contributed by atoms with E-state index in [0.29, 0.717) is 17.1 Å². The number of benzene rings is 2. The standard InChI is InChI=1S/C24H27N3O5S.Na/c1-12-17(21(23(30)31)27-20(12)19(13(2)28)22(27)29)11-32-18-8-4-6-15-14(5-3-7-16(15)18)9-10-33-24(25)26;/h3-8,12-13,19-20,28H,9-11H2,1-2H3,(H3,25,26)(H,30,31);/q;+1/p-1/t12-,13+,19+,20+;/m0./s1. The number of amides is 1. The topological polar surface area (TPSA) is 140 Å². The third-order valence-electron chi connectivity index (χ3n) is 6.49. The van der Waals surface area contributed by atoms with Crippen molar-refractivity contribution in [3.8, 4) is 5.75 Å². The van der Waals surface area contributed by atoms with Gasteiger partial charge >= 0.3 is 29.6 Å². The molecule has 8 nitrogen and oxygen atoms in total. The summed E-state index contributed by atoms with van der Waals surface area (Å²) in [5.74, 6) is -1.41. The Hall–Kier alpha value is -2.04. The Morgan fingerprint density at radius 1 is 1.29 bits per heavy atom. The van der Waals surface area contributed by atoms with Gasteiger partial charge in [0.1, 0.15) is 12.4 Å². The van der Waals surface area contributed by atoms with E-state index >= 15 is 0 Å². The zero-order valence-corrected chi connectivity index (χ0v) is 22.2. The number of carboxylic acid groups (broad SMARTS) is 1. The number of aliphatic hydroxyl groups is 1. The van der Waals surface area contributed by atoms with E-state index < -0.39 is 29.9 Å². The Labute approximate surface area is 224 Å². The van der Waals surface area contributed by atoms with E-state index in [0.717, 1.165) is 22.8 Å². The van der Waals surface area contributed by atoms with Gasteiger partial charge in [0.15, 0.2) is 5.17 Å². The van der Waals surface area contributed by atoms with Crippen LogP contribution in [0.5, 0.6) is 5.75 Å². The fourth-order valence-electron chi connectivity index (χ4n) is 4.94. The molecule has 1 amide bonds. The number of aliphatic carboxylic acids is 1. The van der Waals surface area contributed by atoms with Crippen LogP contribution in [0.25, 0.3) is 10.8 Å². The first-order chi connectivity index (χ1) is 15.7. The summed E-state index contributed by atoms with van der Waals surface area (Å²) in [6.07, 6.45) is -0.122. The average molecular weight is 492 g/mol. The summed E-state index contributed by atoms with van der Waals surface area (Å²) in [4.78, 5) is 25.6. The zero-order valence-electron chi connectivity index (χ0n) is 19.4. The van der Waals surface area contributed by atoms with E-state index in [2.05, 4.69) is 0 Å². The van der Waals surface area contributed by atoms with Crippen LogP contribution in [0.15, 0.2) is 47.7 Å². The van der Waals surface area contributed by atoms with Gasteiger partial charge in [-0.25, -0.2) is 0 Å². The number of β-lactam (4-membered cyclic amide) rings is 1. The first-order valence-corrected chi connectivity index (χ1v) is 11.8. The quantitative estimate of drug-likeness (QED) is 0.172. The summed E-state index contributed by atoms with van der Waals surface area (Å²) in [5.41, 5.74) is 6.88. The van der Waals surface area contributed by atoms with Crippen molar-refractivity contribution in [2.75, 3.05) is 12.4 Å². The molecule has 2 aliphatic rings. The van der Waals surface area contributed by atoms with Gasteiger partial charge in [-0.05, 0) is 35.9 Å². The maximum Gasteiger partial charge on any atom is 1.00 e. The molecule has 1 saturated heterocycles. The number of nitrogens with zero attached hydrogens (tertiary/aromatic N) is 1. The molecule has 2 aromatic rings. The molecule has 2 heterocycles. The Kier molecular flexibility index (Phi) is 8.36. The van der Waals surface area contributed by atoms with Crippen LogP contribution >= 0.6 is 11.8 Å². The number of hydrogen-bond donors (Lipinski definition) is 3. The predicted octanol–water partition coefficient (Wildman–Crippen LogP) is -1.75. The van der Waals surface area contributed by atoms with E-state index in [4.69, 9.17) is 15.9 Å². The molecular formula is C24H26N3NaO5S. The summed E-state index contributed by atoms with van der Waals surface area (Å²) in [5, 5.41) is 31.2. The minimum atomic E-state index is -1.41. The van der Waals surface area contributed by atoms with Crippen LogP contribution in [-0.4, -0.2) is 51.6 Å². The molecule has 0 aliphatic carbocycles. The number of nitrogens with one attached hydrogen (secondary N) is 1. The second kappa shape index (κ2) is 10.7. The van der Waals surface area contributed by atoms with Gasteiger partial charge in [0.25, 0.3) is 0 Å². The van der Waals surface area contributed by atoms with Gasteiger partial charge in [0.2, 0.25) is 5.91 Å². The van der Waals surface area contributed by atoms with Gasteiger partial charge in [0, 0.05) is 17.1 Å². The van der Waals surface area contributed by atoms with Crippen LogP contribution < -0.4 is 45.1 Å². The Morgan fingerprint density at radius 2 is 1.97 bits per heavy atom. The number of aryl methyl sites for hydroxylation is 1. The van der Waals surface area contributed by atoms with Crippen LogP contribution in [0, 0.1) is 17.2 Å². The van der Waals surface area contributed by atoms with Crippen molar-refractivity contribution in [3.05, 3.63) is 53.2 Å². The SMILES string of the molecule is C[C@@H](O)[C@H]1C(=O)N2C(C(=O)[O-])=C(COc3cccc4c(CCSC(=N)N)cccc34)[C@H](C)[C@H]12.[Na+]. The van der Waals surface area contributed by atoms with Crippen molar-refractivity contribution in [2.45, 2.75) is 32.4 Å². The first-order valence-electron chi connectivity index (χ1n) is 10.8. The Bertz CT molecular complexity index is 1170. The number of carbonyl (C=O) groups is 2. The summed E-state index contributed by atoms with van der Waals surface area (Å²) in [7, 11) is 0. The van der Waals surface area contributed by atoms with Crippen LogP contribution in [0.2, 0.25) is 0 Å². The number of nitrogens with two attached hydrogens (primary N) is 1. The molecule has 1 fully saturated rings. The number of carboxylic acids is 1. The summed E-state index contributed by atoms with van der Waals surface area (Å²) >= 11 is 1.29. The molecule has 34 heavy (non-hydrogen) atoms. The molecule has 0 unspecified atom stereocenters. The van der Waals surface area contributed by atoms with E-state index in [1.165, 1.54) is 16.7 Å². The molecule has 0 radical (unpaired) electrons. The zero-order chi connectivity index (χ0) is 23.9. The van der Waals surface area contributed by atoms with E-state index in [1.807, 2.05) is 43.3 Å². The third kappa shape index (κ3) is 4.72. The van der Waals surface area contributed by atoms with E-state index in [-0.39, 0.29) is 52.9 Å². The monoisotopic (exact) mass is 491 g/mol. The fraction of sp³-hybridized carbons (Fsp3) is 0.375.